The predicted molar refractivity (Wildman–Crippen MR) is 71.9 cm³/mol. The van der Waals surface area contributed by atoms with Crippen molar-refractivity contribution in [3.8, 4) is 0 Å². The van der Waals surface area contributed by atoms with Crippen LogP contribution < -0.4 is 5.32 Å². The van der Waals surface area contributed by atoms with Crippen LogP contribution in [-0.4, -0.2) is 26.8 Å². The van der Waals surface area contributed by atoms with E-state index in [2.05, 4.69) is 52.4 Å². The second kappa shape index (κ2) is 7.82. The zero-order valence-electron chi connectivity index (χ0n) is 10.0. The van der Waals surface area contributed by atoms with Crippen molar-refractivity contribution >= 4 is 15.9 Å². The van der Waals surface area contributed by atoms with Crippen molar-refractivity contribution in [3.63, 3.8) is 0 Å². The van der Waals surface area contributed by atoms with Crippen molar-refractivity contribution in [1.29, 1.82) is 0 Å². The van der Waals surface area contributed by atoms with Gasteiger partial charge >= 0.3 is 0 Å². The molecule has 0 aliphatic heterocycles. The van der Waals surface area contributed by atoms with Crippen molar-refractivity contribution in [2.24, 2.45) is 0 Å². The van der Waals surface area contributed by atoms with Crippen molar-refractivity contribution in [1.82, 2.24) is 5.32 Å². The van der Waals surface area contributed by atoms with Crippen LogP contribution in [0.3, 0.4) is 0 Å². The zero-order chi connectivity index (χ0) is 11.8. The fraction of sp³-hybridized carbons (Fsp3) is 0.538. The quantitative estimate of drug-likeness (QED) is 0.777. The largest absolute Gasteiger partial charge is 0.385 e. The van der Waals surface area contributed by atoms with Crippen molar-refractivity contribution in [2.45, 2.75) is 19.3 Å². The molecule has 2 nitrogen and oxygen atoms in total. The van der Waals surface area contributed by atoms with Crippen LogP contribution in [0.2, 0.25) is 0 Å². The van der Waals surface area contributed by atoms with Crippen LogP contribution in [0, 0.1) is 0 Å². The van der Waals surface area contributed by atoms with Gasteiger partial charge in [-0.1, -0.05) is 35.0 Å². The average molecular weight is 286 g/mol. The smallest absolute Gasteiger partial charge is 0.0474 e. The van der Waals surface area contributed by atoms with Crippen LogP contribution in [0.15, 0.2) is 28.7 Å². The molecule has 0 bridgehead atoms. The summed E-state index contributed by atoms with van der Waals surface area (Å²) in [6, 6.07) is 8.50. The molecule has 0 saturated heterocycles. The Balaban J connectivity index is 2.27. The molecule has 0 aliphatic rings. The summed E-state index contributed by atoms with van der Waals surface area (Å²) < 4.78 is 6.15. The molecule has 1 N–H and O–H groups in total. The highest BCUT2D eigenvalue weighted by molar-refractivity contribution is 9.10. The van der Waals surface area contributed by atoms with Crippen LogP contribution in [0.25, 0.3) is 0 Å². The summed E-state index contributed by atoms with van der Waals surface area (Å²) in [6.07, 6.45) is 1.07. The highest BCUT2D eigenvalue weighted by Crippen LogP contribution is 2.18. The van der Waals surface area contributed by atoms with E-state index in [-0.39, 0.29) is 0 Å². The minimum absolute atomic E-state index is 0.542. The molecule has 90 valence electrons. The van der Waals surface area contributed by atoms with Crippen LogP contribution in [0.1, 0.15) is 24.8 Å². The summed E-state index contributed by atoms with van der Waals surface area (Å²) in [7, 11) is 1.74. The second-order valence-electron chi connectivity index (χ2n) is 4.01. The zero-order valence-corrected chi connectivity index (χ0v) is 11.6. The molecule has 3 heteroatoms. The number of rotatable bonds is 7. The standard InChI is InChI=1S/C13H20BrNO/c1-11(10-15-7-4-8-16-2)12-5-3-6-13(14)9-12/h3,5-6,9,11,15H,4,7-8,10H2,1-2H3. The third kappa shape index (κ3) is 5.10. The summed E-state index contributed by atoms with van der Waals surface area (Å²) in [6.45, 7) is 5.11. The number of nitrogens with one attached hydrogen (secondary N) is 1. The van der Waals surface area contributed by atoms with Gasteiger partial charge in [-0.3, -0.25) is 0 Å². The van der Waals surface area contributed by atoms with Gasteiger partial charge < -0.3 is 10.1 Å². The Morgan fingerprint density at radius 3 is 2.94 bits per heavy atom. The van der Waals surface area contributed by atoms with E-state index >= 15 is 0 Å². The summed E-state index contributed by atoms with van der Waals surface area (Å²) >= 11 is 3.50. The lowest BCUT2D eigenvalue weighted by molar-refractivity contribution is 0.194. The molecule has 0 aliphatic carbocycles. The molecule has 1 rings (SSSR count). The Kier molecular flexibility index (Phi) is 6.69. The molecule has 0 saturated carbocycles. The van der Waals surface area contributed by atoms with Gasteiger partial charge in [-0.2, -0.15) is 0 Å². The maximum Gasteiger partial charge on any atom is 0.0474 e. The molecule has 1 aromatic rings. The van der Waals surface area contributed by atoms with E-state index in [1.54, 1.807) is 7.11 Å². The van der Waals surface area contributed by atoms with Crippen LogP contribution in [0.5, 0.6) is 0 Å². The number of ether oxygens (including phenoxy) is 1. The number of hydrogen-bond acceptors (Lipinski definition) is 2. The van der Waals surface area contributed by atoms with E-state index in [0.717, 1.165) is 30.6 Å². The van der Waals surface area contributed by atoms with Crippen LogP contribution >= 0.6 is 15.9 Å². The van der Waals surface area contributed by atoms with Gasteiger partial charge in [-0.05, 0) is 36.6 Å². The first-order chi connectivity index (χ1) is 7.74. The van der Waals surface area contributed by atoms with Gasteiger partial charge in [0.25, 0.3) is 0 Å². The monoisotopic (exact) mass is 285 g/mol. The summed E-state index contributed by atoms with van der Waals surface area (Å²) in [5.74, 6) is 0.542. The highest BCUT2D eigenvalue weighted by Gasteiger charge is 2.04. The molecule has 0 aromatic heterocycles. The Bertz CT molecular complexity index is 304. The first-order valence-electron chi connectivity index (χ1n) is 5.69. The summed E-state index contributed by atoms with van der Waals surface area (Å²) in [4.78, 5) is 0. The molecule has 0 amide bonds. The number of benzene rings is 1. The van der Waals surface area contributed by atoms with Gasteiger partial charge in [0.2, 0.25) is 0 Å². The van der Waals surface area contributed by atoms with E-state index in [1.165, 1.54) is 5.56 Å². The minimum Gasteiger partial charge on any atom is -0.385 e. The molecule has 16 heavy (non-hydrogen) atoms. The minimum atomic E-state index is 0.542. The molecular weight excluding hydrogens is 266 g/mol. The van der Waals surface area contributed by atoms with Crippen LogP contribution in [-0.2, 0) is 4.74 Å². The average Bonchev–Trinajstić information content (AvgIpc) is 2.28. The molecular formula is C13H20BrNO. The van der Waals surface area contributed by atoms with E-state index < -0.39 is 0 Å². The first-order valence-corrected chi connectivity index (χ1v) is 6.48. The predicted octanol–water partition coefficient (Wildman–Crippen LogP) is 3.18. The molecule has 1 unspecified atom stereocenters. The Hall–Kier alpha value is -0.380. The second-order valence-corrected chi connectivity index (χ2v) is 4.92. The highest BCUT2D eigenvalue weighted by atomic mass is 79.9. The van der Waals surface area contributed by atoms with Crippen molar-refractivity contribution in [3.05, 3.63) is 34.3 Å². The van der Waals surface area contributed by atoms with Gasteiger partial charge in [0.15, 0.2) is 0 Å². The van der Waals surface area contributed by atoms with Crippen molar-refractivity contribution < 1.29 is 4.74 Å². The van der Waals surface area contributed by atoms with E-state index in [4.69, 9.17) is 4.74 Å². The fourth-order valence-corrected chi connectivity index (χ4v) is 2.01. The lowest BCUT2D eigenvalue weighted by Gasteiger charge is -2.13. The van der Waals surface area contributed by atoms with Gasteiger partial charge in [-0.15, -0.1) is 0 Å². The maximum atomic E-state index is 5.00. The molecule has 0 spiro atoms. The number of hydrogen-bond donors (Lipinski definition) is 1. The third-order valence-corrected chi connectivity index (χ3v) is 3.06. The maximum absolute atomic E-state index is 5.00. The molecule has 1 atom stereocenters. The SMILES string of the molecule is COCCCNCC(C)c1cccc(Br)c1. The molecule has 0 heterocycles. The first kappa shape index (κ1) is 13.7. The lowest BCUT2D eigenvalue weighted by Crippen LogP contribution is -2.22. The van der Waals surface area contributed by atoms with Crippen molar-refractivity contribution in [2.75, 3.05) is 26.8 Å². The number of methoxy groups -OCH3 is 1. The molecule has 0 fully saturated rings. The van der Waals surface area contributed by atoms with E-state index in [1.807, 2.05) is 0 Å². The van der Waals surface area contributed by atoms with Gasteiger partial charge in [0, 0.05) is 24.7 Å². The van der Waals surface area contributed by atoms with Gasteiger partial charge in [0.05, 0.1) is 0 Å². The summed E-state index contributed by atoms with van der Waals surface area (Å²) in [5, 5.41) is 3.44. The molecule has 1 aromatic carbocycles. The van der Waals surface area contributed by atoms with Gasteiger partial charge in [-0.25, -0.2) is 0 Å². The normalized spacial score (nSPS) is 12.7. The topological polar surface area (TPSA) is 21.3 Å². The Morgan fingerprint density at radius 2 is 2.25 bits per heavy atom. The lowest BCUT2D eigenvalue weighted by atomic mass is 10.0. The molecule has 0 radical (unpaired) electrons. The van der Waals surface area contributed by atoms with Crippen LogP contribution in [0.4, 0.5) is 0 Å². The Morgan fingerprint density at radius 1 is 1.44 bits per heavy atom. The van der Waals surface area contributed by atoms with E-state index in [9.17, 15) is 0 Å². The Labute approximate surface area is 107 Å². The summed E-state index contributed by atoms with van der Waals surface area (Å²) in [5.41, 5.74) is 1.37. The number of halogens is 1. The fourth-order valence-electron chi connectivity index (χ4n) is 1.59. The third-order valence-electron chi connectivity index (χ3n) is 2.57. The van der Waals surface area contributed by atoms with E-state index in [0.29, 0.717) is 5.92 Å². The van der Waals surface area contributed by atoms with Gasteiger partial charge in [0.1, 0.15) is 0 Å².